The summed E-state index contributed by atoms with van der Waals surface area (Å²) in [4.78, 5) is 4.79. The van der Waals surface area contributed by atoms with Gasteiger partial charge in [0.15, 0.2) is 0 Å². The van der Waals surface area contributed by atoms with Crippen molar-refractivity contribution in [2.24, 2.45) is 0 Å². The van der Waals surface area contributed by atoms with Crippen LogP contribution in [0.2, 0.25) is 0 Å². The van der Waals surface area contributed by atoms with Crippen LogP contribution in [0.15, 0.2) is 24.3 Å². The van der Waals surface area contributed by atoms with E-state index in [2.05, 4.69) is 60.4 Å². The normalized spacial score (nSPS) is 15.1. The molecule has 1 aromatic rings. The Morgan fingerprint density at radius 3 is 2.29 bits per heavy atom. The van der Waals surface area contributed by atoms with E-state index in [0.29, 0.717) is 0 Å². The van der Waals surface area contributed by atoms with Crippen LogP contribution in [-0.4, -0.2) is 49.6 Å². The van der Waals surface area contributed by atoms with Gasteiger partial charge in [-0.1, -0.05) is 31.2 Å². The molecule has 1 aromatic carbocycles. The third-order valence-corrected chi connectivity index (χ3v) is 4.13. The first kappa shape index (κ1) is 16.5. The zero-order chi connectivity index (χ0) is 15.1. The number of hydrogen-bond donors (Lipinski definition) is 1. The third-order valence-electron chi connectivity index (χ3n) is 4.13. The van der Waals surface area contributed by atoms with E-state index < -0.39 is 0 Å². The highest BCUT2D eigenvalue weighted by Crippen LogP contribution is 2.19. The molecule has 3 nitrogen and oxygen atoms in total. The van der Waals surface area contributed by atoms with Crippen molar-refractivity contribution in [1.29, 1.82) is 0 Å². The summed E-state index contributed by atoms with van der Waals surface area (Å²) in [6.07, 6.45) is 3.96. The van der Waals surface area contributed by atoms with Gasteiger partial charge in [-0.25, -0.2) is 0 Å². The Morgan fingerprint density at radius 1 is 1.05 bits per heavy atom. The van der Waals surface area contributed by atoms with E-state index in [4.69, 9.17) is 0 Å². The summed E-state index contributed by atoms with van der Waals surface area (Å²) in [7, 11) is 4.29. The second-order valence-corrected chi connectivity index (χ2v) is 6.50. The third kappa shape index (κ3) is 6.60. The second-order valence-electron chi connectivity index (χ2n) is 6.50. The fourth-order valence-electron chi connectivity index (χ4n) is 2.53. The summed E-state index contributed by atoms with van der Waals surface area (Å²) in [5.74, 6) is 0. The van der Waals surface area contributed by atoms with Crippen LogP contribution in [0, 0.1) is 0 Å². The van der Waals surface area contributed by atoms with Gasteiger partial charge in [0.05, 0.1) is 0 Å². The van der Waals surface area contributed by atoms with Crippen molar-refractivity contribution in [3.8, 4) is 0 Å². The van der Waals surface area contributed by atoms with E-state index in [1.54, 1.807) is 0 Å². The molecule has 1 aliphatic rings. The fraction of sp³-hybridized carbons (Fsp3) is 0.667. The predicted molar refractivity (Wildman–Crippen MR) is 90.4 cm³/mol. The molecule has 1 aliphatic carbocycles. The monoisotopic (exact) mass is 289 g/mol. The Bertz CT molecular complexity index is 395. The molecule has 2 rings (SSSR count). The van der Waals surface area contributed by atoms with Gasteiger partial charge < -0.3 is 10.2 Å². The molecule has 0 atom stereocenters. The van der Waals surface area contributed by atoms with E-state index in [1.165, 1.54) is 43.5 Å². The first-order valence-electron chi connectivity index (χ1n) is 8.35. The van der Waals surface area contributed by atoms with Crippen molar-refractivity contribution in [3.05, 3.63) is 35.4 Å². The molecule has 0 saturated heterocycles. The molecule has 0 radical (unpaired) electrons. The smallest absolute Gasteiger partial charge is 0.0233 e. The number of benzene rings is 1. The maximum atomic E-state index is 3.57. The van der Waals surface area contributed by atoms with Crippen molar-refractivity contribution in [1.82, 2.24) is 15.1 Å². The first-order chi connectivity index (χ1) is 10.2. The Balaban J connectivity index is 1.74. The SMILES string of the molecule is CCN(CCCN(C)C)Cc1ccc(CNC2CC2)cc1. The molecule has 118 valence electrons. The lowest BCUT2D eigenvalue weighted by Crippen LogP contribution is -2.26. The molecule has 3 heteroatoms. The molecule has 0 bridgehead atoms. The number of hydrogen-bond acceptors (Lipinski definition) is 3. The molecular weight excluding hydrogens is 258 g/mol. The van der Waals surface area contributed by atoms with Crippen molar-refractivity contribution in [2.45, 2.75) is 45.3 Å². The molecule has 0 unspecified atom stereocenters. The zero-order valence-electron chi connectivity index (χ0n) is 13.9. The minimum Gasteiger partial charge on any atom is -0.310 e. The summed E-state index contributed by atoms with van der Waals surface area (Å²) in [5, 5.41) is 3.57. The zero-order valence-corrected chi connectivity index (χ0v) is 13.9. The van der Waals surface area contributed by atoms with Gasteiger partial charge in [-0.2, -0.15) is 0 Å². The predicted octanol–water partition coefficient (Wildman–Crippen LogP) is 2.71. The summed E-state index contributed by atoms with van der Waals surface area (Å²) in [5.41, 5.74) is 2.83. The molecule has 0 amide bonds. The van der Waals surface area contributed by atoms with Gasteiger partial charge in [0.25, 0.3) is 0 Å². The van der Waals surface area contributed by atoms with E-state index >= 15 is 0 Å². The number of nitrogens with zero attached hydrogens (tertiary/aromatic N) is 2. The average molecular weight is 289 g/mol. The molecule has 1 fully saturated rings. The molecule has 1 N–H and O–H groups in total. The van der Waals surface area contributed by atoms with Gasteiger partial charge in [-0.15, -0.1) is 0 Å². The maximum Gasteiger partial charge on any atom is 0.0233 e. The van der Waals surface area contributed by atoms with Crippen LogP contribution in [0.25, 0.3) is 0 Å². The molecule has 0 aromatic heterocycles. The summed E-state index contributed by atoms with van der Waals surface area (Å²) >= 11 is 0. The highest BCUT2D eigenvalue weighted by atomic mass is 15.1. The molecule has 21 heavy (non-hydrogen) atoms. The lowest BCUT2D eigenvalue weighted by Gasteiger charge is -2.21. The highest BCUT2D eigenvalue weighted by Gasteiger charge is 2.19. The van der Waals surface area contributed by atoms with Crippen molar-refractivity contribution < 1.29 is 0 Å². The molecule has 1 saturated carbocycles. The van der Waals surface area contributed by atoms with Gasteiger partial charge in [0.2, 0.25) is 0 Å². The molecule has 0 aliphatic heterocycles. The van der Waals surface area contributed by atoms with Gasteiger partial charge >= 0.3 is 0 Å². The lowest BCUT2D eigenvalue weighted by atomic mass is 10.1. The topological polar surface area (TPSA) is 18.5 Å². The van der Waals surface area contributed by atoms with Crippen molar-refractivity contribution in [2.75, 3.05) is 33.7 Å². The van der Waals surface area contributed by atoms with Crippen LogP contribution in [-0.2, 0) is 13.1 Å². The summed E-state index contributed by atoms with van der Waals surface area (Å²) < 4.78 is 0. The molecule has 0 heterocycles. The Morgan fingerprint density at radius 2 is 1.71 bits per heavy atom. The minimum absolute atomic E-state index is 0.789. The fourth-order valence-corrected chi connectivity index (χ4v) is 2.53. The maximum absolute atomic E-state index is 3.57. The van der Waals surface area contributed by atoms with Gasteiger partial charge in [0, 0.05) is 19.1 Å². The van der Waals surface area contributed by atoms with E-state index in [0.717, 1.165) is 25.7 Å². The van der Waals surface area contributed by atoms with Crippen LogP contribution in [0.1, 0.15) is 37.3 Å². The van der Waals surface area contributed by atoms with Crippen LogP contribution < -0.4 is 5.32 Å². The summed E-state index contributed by atoms with van der Waals surface area (Å²) in [6.45, 7) is 7.81. The Kier molecular flexibility index (Phi) is 6.68. The van der Waals surface area contributed by atoms with E-state index in [9.17, 15) is 0 Å². The standard InChI is InChI=1S/C18H31N3/c1-4-21(13-5-12-20(2)3)15-17-8-6-16(7-9-17)14-19-18-10-11-18/h6-9,18-19H,4-5,10-15H2,1-3H3. The molecular formula is C18H31N3. The Labute approximate surface area is 130 Å². The second kappa shape index (κ2) is 8.52. The highest BCUT2D eigenvalue weighted by molar-refractivity contribution is 5.22. The van der Waals surface area contributed by atoms with E-state index in [-0.39, 0.29) is 0 Å². The van der Waals surface area contributed by atoms with Gasteiger partial charge in [-0.3, -0.25) is 4.90 Å². The van der Waals surface area contributed by atoms with Crippen LogP contribution in [0.3, 0.4) is 0 Å². The van der Waals surface area contributed by atoms with Crippen LogP contribution in [0.5, 0.6) is 0 Å². The van der Waals surface area contributed by atoms with Gasteiger partial charge in [0.1, 0.15) is 0 Å². The first-order valence-corrected chi connectivity index (χ1v) is 8.35. The van der Waals surface area contributed by atoms with Gasteiger partial charge in [-0.05, 0) is 64.1 Å². The van der Waals surface area contributed by atoms with E-state index in [1.807, 2.05) is 0 Å². The number of nitrogens with one attached hydrogen (secondary N) is 1. The quantitative estimate of drug-likeness (QED) is 0.714. The van der Waals surface area contributed by atoms with Crippen LogP contribution >= 0.6 is 0 Å². The Hall–Kier alpha value is -0.900. The van der Waals surface area contributed by atoms with Crippen LogP contribution in [0.4, 0.5) is 0 Å². The summed E-state index contributed by atoms with van der Waals surface area (Å²) in [6, 6.07) is 9.92. The average Bonchev–Trinajstić information content (AvgIpc) is 3.29. The largest absolute Gasteiger partial charge is 0.310 e. The molecule has 0 spiro atoms. The minimum atomic E-state index is 0.789. The van der Waals surface area contributed by atoms with Crippen molar-refractivity contribution >= 4 is 0 Å². The van der Waals surface area contributed by atoms with Crippen molar-refractivity contribution in [3.63, 3.8) is 0 Å². The number of rotatable bonds is 10. The lowest BCUT2D eigenvalue weighted by molar-refractivity contribution is 0.259.